The van der Waals surface area contributed by atoms with E-state index in [9.17, 15) is 0 Å². The Morgan fingerprint density at radius 3 is 1.85 bits per heavy atom. The molecule has 0 spiro atoms. The van der Waals surface area contributed by atoms with Gasteiger partial charge in [-0.25, -0.2) is 9.97 Å². The fraction of sp³-hybridized carbons (Fsp3) is 0.167. The number of fused-ring (bicyclic) bond motifs is 6. The molecule has 52 heavy (non-hydrogen) atoms. The molecule has 1 fully saturated rings. The molecule has 2 aromatic heterocycles. The van der Waals surface area contributed by atoms with E-state index in [0.717, 1.165) is 18.7 Å². The second-order valence-electron chi connectivity index (χ2n) is 15.0. The highest BCUT2D eigenvalue weighted by molar-refractivity contribution is 6.12. The highest BCUT2D eigenvalue weighted by Crippen LogP contribution is 2.60. The number of rotatable bonds is 5. The third-order valence-corrected chi connectivity index (χ3v) is 12.3. The molecule has 3 heterocycles. The Morgan fingerprint density at radius 2 is 1.15 bits per heavy atom. The molecule has 0 bridgehead atoms. The molecular formula is C48H40N4. The summed E-state index contributed by atoms with van der Waals surface area (Å²) >= 11 is 0. The van der Waals surface area contributed by atoms with Crippen molar-refractivity contribution in [2.24, 2.45) is 0 Å². The molecule has 252 valence electrons. The molecule has 1 aliphatic carbocycles. The standard InChI is InChI=1S/C48H40N4/c1-47-26-14-15-27-48(47,2)52(46-42(47)31-49-32-50-46)37-24-25-44-41(30-37)38-22-12-13-23-43(38)51(44)45-39(34-18-8-4-9-19-34)28-36(33-16-6-3-7-17-33)29-40(45)35-20-10-5-11-21-35/h3-13,16-25,28-32H,14-15,26-27H2,1-2H3. The molecular weight excluding hydrogens is 633 g/mol. The van der Waals surface area contributed by atoms with E-state index in [1.165, 1.54) is 85.0 Å². The van der Waals surface area contributed by atoms with Crippen molar-refractivity contribution in [3.63, 3.8) is 0 Å². The van der Waals surface area contributed by atoms with Gasteiger partial charge in [-0.3, -0.25) is 0 Å². The van der Waals surface area contributed by atoms with Gasteiger partial charge in [0.25, 0.3) is 0 Å². The molecule has 2 unspecified atom stereocenters. The lowest BCUT2D eigenvalue weighted by atomic mass is 9.62. The molecule has 4 nitrogen and oxygen atoms in total. The number of nitrogens with zero attached hydrogens (tertiary/aromatic N) is 4. The molecule has 1 saturated carbocycles. The van der Waals surface area contributed by atoms with Gasteiger partial charge in [0.05, 0.1) is 22.3 Å². The van der Waals surface area contributed by atoms with Gasteiger partial charge < -0.3 is 9.47 Å². The fourth-order valence-corrected chi connectivity index (χ4v) is 9.50. The zero-order chi connectivity index (χ0) is 34.9. The van der Waals surface area contributed by atoms with Crippen LogP contribution in [0.4, 0.5) is 11.5 Å². The monoisotopic (exact) mass is 672 g/mol. The SMILES string of the molecule is CC12CCCCC1(C)N(c1ccc3c(c1)c1ccccc1n3-c1c(-c3ccccc3)cc(-c3ccccc3)cc1-c1ccccc1)c1ncncc12. The maximum Gasteiger partial charge on any atom is 0.140 e. The minimum atomic E-state index is -0.0934. The van der Waals surface area contributed by atoms with Gasteiger partial charge in [-0.1, -0.05) is 129 Å². The van der Waals surface area contributed by atoms with E-state index in [2.05, 4.69) is 180 Å². The molecule has 2 aliphatic rings. The third-order valence-electron chi connectivity index (χ3n) is 12.3. The predicted molar refractivity (Wildman–Crippen MR) is 215 cm³/mol. The van der Waals surface area contributed by atoms with Gasteiger partial charge in [0.1, 0.15) is 12.1 Å². The van der Waals surface area contributed by atoms with Crippen LogP contribution < -0.4 is 4.90 Å². The normalized spacial score (nSPS) is 19.5. The van der Waals surface area contributed by atoms with Crippen molar-refractivity contribution in [3.05, 3.63) is 164 Å². The first-order valence-corrected chi connectivity index (χ1v) is 18.5. The first-order valence-electron chi connectivity index (χ1n) is 18.5. The van der Waals surface area contributed by atoms with Crippen molar-refractivity contribution in [2.75, 3.05) is 4.90 Å². The lowest BCUT2D eigenvalue weighted by Gasteiger charge is -2.49. The maximum absolute atomic E-state index is 4.96. The molecule has 4 heteroatoms. The van der Waals surface area contributed by atoms with Crippen molar-refractivity contribution in [1.82, 2.24) is 14.5 Å². The average molecular weight is 673 g/mol. The van der Waals surface area contributed by atoms with E-state index in [-0.39, 0.29) is 11.0 Å². The summed E-state index contributed by atoms with van der Waals surface area (Å²) in [5.74, 6) is 1.05. The van der Waals surface area contributed by atoms with Gasteiger partial charge in [-0.2, -0.15) is 0 Å². The zero-order valence-corrected chi connectivity index (χ0v) is 29.6. The summed E-state index contributed by atoms with van der Waals surface area (Å²) in [7, 11) is 0. The zero-order valence-electron chi connectivity index (χ0n) is 29.6. The molecule has 0 radical (unpaired) electrons. The lowest BCUT2D eigenvalue weighted by molar-refractivity contribution is 0.194. The van der Waals surface area contributed by atoms with E-state index in [1.807, 2.05) is 0 Å². The molecule has 2 atom stereocenters. The molecule has 6 aromatic carbocycles. The highest BCUT2D eigenvalue weighted by Gasteiger charge is 2.58. The number of hydrogen-bond donors (Lipinski definition) is 0. The number of hydrogen-bond acceptors (Lipinski definition) is 3. The van der Waals surface area contributed by atoms with Gasteiger partial charge >= 0.3 is 0 Å². The smallest absolute Gasteiger partial charge is 0.140 e. The van der Waals surface area contributed by atoms with Gasteiger partial charge in [0.15, 0.2) is 0 Å². The second kappa shape index (κ2) is 11.8. The van der Waals surface area contributed by atoms with Crippen LogP contribution in [-0.4, -0.2) is 20.1 Å². The molecule has 1 aliphatic heterocycles. The number of aromatic nitrogens is 3. The van der Waals surface area contributed by atoms with E-state index < -0.39 is 0 Å². The molecule has 0 amide bonds. The summed E-state index contributed by atoms with van der Waals surface area (Å²) in [5, 5.41) is 2.48. The Hall–Kier alpha value is -6.00. The first-order chi connectivity index (χ1) is 25.5. The Bertz CT molecular complexity index is 2550. The molecule has 0 N–H and O–H groups in total. The van der Waals surface area contributed by atoms with Crippen molar-refractivity contribution < 1.29 is 0 Å². The highest BCUT2D eigenvalue weighted by atomic mass is 15.3. The van der Waals surface area contributed by atoms with Crippen LogP contribution in [0.2, 0.25) is 0 Å². The minimum Gasteiger partial charge on any atom is -0.319 e. The van der Waals surface area contributed by atoms with Crippen LogP contribution in [0.3, 0.4) is 0 Å². The maximum atomic E-state index is 4.96. The van der Waals surface area contributed by atoms with Gasteiger partial charge in [-0.15, -0.1) is 0 Å². The lowest BCUT2D eigenvalue weighted by Crippen LogP contribution is -2.54. The number of para-hydroxylation sites is 1. The van der Waals surface area contributed by atoms with Crippen LogP contribution in [0.1, 0.15) is 45.1 Å². The summed E-state index contributed by atoms with van der Waals surface area (Å²) in [4.78, 5) is 12.0. The van der Waals surface area contributed by atoms with Crippen molar-refractivity contribution in [2.45, 2.75) is 50.5 Å². The van der Waals surface area contributed by atoms with Crippen molar-refractivity contribution in [3.8, 4) is 39.1 Å². The Morgan fingerprint density at radius 1 is 0.558 bits per heavy atom. The third kappa shape index (κ3) is 4.46. The molecule has 10 rings (SSSR count). The topological polar surface area (TPSA) is 34.0 Å². The summed E-state index contributed by atoms with van der Waals surface area (Å²) < 4.78 is 2.51. The van der Waals surface area contributed by atoms with E-state index in [0.29, 0.717) is 0 Å². The Balaban J connectivity index is 1.27. The second-order valence-corrected chi connectivity index (χ2v) is 15.0. The van der Waals surface area contributed by atoms with Crippen LogP contribution in [0.25, 0.3) is 60.9 Å². The van der Waals surface area contributed by atoms with Gasteiger partial charge in [0.2, 0.25) is 0 Å². The first kappa shape index (κ1) is 30.8. The van der Waals surface area contributed by atoms with Gasteiger partial charge in [-0.05, 0) is 78.4 Å². The van der Waals surface area contributed by atoms with Crippen molar-refractivity contribution >= 4 is 33.3 Å². The minimum absolute atomic E-state index is 0.0134. The van der Waals surface area contributed by atoms with E-state index in [1.54, 1.807) is 6.33 Å². The summed E-state index contributed by atoms with van der Waals surface area (Å²) in [5.41, 5.74) is 13.1. The van der Waals surface area contributed by atoms with Gasteiger partial charge in [0, 0.05) is 44.8 Å². The van der Waals surface area contributed by atoms with Crippen LogP contribution in [0, 0.1) is 0 Å². The predicted octanol–water partition coefficient (Wildman–Crippen LogP) is 12.3. The largest absolute Gasteiger partial charge is 0.319 e. The summed E-state index contributed by atoms with van der Waals surface area (Å²) in [6.07, 6.45) is 8.51. The Kier molecular flexibility index (Phi) is 6.98. The quantitative estimate of drug-likeness (QED) is 0.182. The van der Waals surface area contributed by atoms with E-state index in [4.69, 9.17) is 4.98 Å². The van der Waals surface area contributed by atoms with Crippen LogP contribution >= 0.6 is 0 Å². The van der Waals surface area contributed by atoms with Crippen LogP contribution in [0.5, 0.6) is 0 Å². The average Bonchev–Trinajstić information content (AvgIpc) is 3.64. The van der Waals surface area contributed by atoms with Crippen LogP contribution in [0.15, 0.2) is 158 Å². The number of benzene rings is 6. The fourth-order valence-electron chi connectivity index (χ4n) is 9.50. The number of anilines is 2. The van der Waals surface area contributed by atoms with Crippen molar-refractivity contribution in [1.29, 1.82) is 0 Å². The molecule has 0 saturated heterocycles. The Labute approximate surface area is 305 Å². The summed E-state index contributed by atoms with van der Waals surface area (Å²) in [6.45, 7) is 4.89. The molecule has 8 aromatic rings. The van der Waals surface area contributed by atoms with Crippen LogP contribution in [-0.2, 0) is 5.41 Å². The summed E-state index contributed by atoms with van der Waals surface area (Å²) in [6, 6.07) is 53.3. The van der Waals surface area contributed by atoms with E-state index >= 15 is 0 Å².